The van der Waals surface area contributed by atoms with Crippen LogP contribution in [0.4, 0.5) is 10.5 Å². The van der Waals surface area contributed by atoms with E-state index in [-0.39, 0.29) is 17.0 Å². The molecule has 7 nitrogen and oxygen atoms in total. The zero-order valence-corrected chi connectivity index (χ0v) is 13.9. The number of anilines is 1. The lowest BCUT2D eigenvalue weighted by Gasteiger charge is -2.10. The molecule has 0 aliphatic rings. The summed E-state index contributed by atoms with van der Waals surface area (Å²) < 4.78 is 9.78. The number of methoxy groups -OCH3 is 1. The molecule has 3 amide bonds. The van der Waals surface area contributed by atoms with E-state index in [2.05, 4.69) is 16.0 Å². The van der Waals surface area contributed by atoms with Crippen molar-refractivity contribution < 1.29 is 18.7 Å². The van der Waals surface area contributed by atoms with Gasteiger partial charge in [-0.15, -0.1) is 0 Å². The number of halogens is 1. The van der Waals surface area contributed by atoms with Gasteiger partial charge in [-0.2, -0.15) is 0 Å². The van der Waals surface area contributed by atoms with Crippen LogP contribution in [0.5, 0.6) is 0 Å². The van der Waals surface area contributed by atoms with Gasteiger partial charge in [-0.1, -0.05) is 11.6 Å². The Bertz CT molecular complexity index is 689. The van der Waals surface area contributed by atoms with Crippen LogP contribution in [0.1, 0.15) is 15.9 Å². The second-order valence-electron chi connectivity index (χ2n) is 4.88. The van der Waals surface area contributed by atoms with E-state index in [4.69, 9.17) is 20.8 Å². The zero-order chi connectivity index (χ0) is 17.4. The maximum Gasteiger partial charge on any atom is 0.319 e. The van der Waals surface area contributed by atoms with Crippen LogP contribution in [-0.4, -0.2) is 32.2 Å². The minimum atomic E-state index is -0.385. The summed E-state index contributed by atoms with van der Waals surface area (Å²) in [5.41, 5.74) is 1.67. The Labute approximate surface area is 144 Å². The van der Waals surface area contributed by atoms with Gasteiger partial charge in [-0.05, 0) is 24.3 Å². The molecule has 0 unspecified atom stereocenters. The Morgan fingerprint density at radius 2 is 2.08 bits per heavy atom. The van der Waals surface area contributed by atoms with Crippen LogP contribution in [0, 0.1) is 0 Å². The predicted octanol–water partition coefficient (Wildman–Crippen LogP) is 2.63. The lowest BCUT2D eigenvalue weighted by atomic mass is 10.2. The van der Waals surface area contributed by atoms with Gasteiger partial charge >= 0.3 is 6.03 Å². The van der Waals surface area contributed by atoms with E-state index < -0.39 is 0 Å². The maximum atomic E-state index is 11.9. The van der Waals surface area contributed by atoms with Crippen molar-refractivity contribution in [3.8, 4) is 0 Å². The van der Waals surface area contributed by atoms with Crippen molar-refractivity contribution in [1.82, 2.24) is 10.6 Å². The van der Waals surface area contributed by atoms with Gasteiger partial charge in [0.15, 0.2) is 0 Å². The second-order valence-corrected chi connectivity index (χ2v) is 5.29. The van der Waals surface area contributed by atoms with Gasteiger partial charge in [0.25, 0.3) is 5.91 Å². The molecule has 0 bridgehead atoms. The van der Waals surface area contributed by atoms with Crippen LogP contribution in [0.2, 0.25) is 5.02 Å². The molecule has 0 saturated heterocycles. The largest absolute Gasteiger partial charge is 0.472 e. The molecule has 0 spiro atoms. The number of hydrogen-bond donors (Lipinski definition) is 3. The van der Waals surface area contributed by atoms with E-state index in [1.165, 1.54) is 12.3 Å². The molecule has 2 rings (SSSR count). The summed E-state index contributed by atoms with van der Waals surface area (Å²) in [6.07, 6.45) is 3.08. The molecule has 0 radical (unpaired) electrons. The van der Waals surface area contributed by atoms with Crippen LogP contribution in [0.25, 0.3) is 0 Å². The molecule has 3 N–H and O–H groups in total. The molecule has 1 heterocycles. The maximum absolute atomic E-state index is 11.9. The summed E-state index contributed by atoms with van der Waals surface area (Å²) in [6, 6.07) is 6.05. The molecule has 0 fully saturated rings. The Hall–Kier alpha value is -2.51. The number of carbonyl (C=O) groups is 2. The average Bonchev–Trinajstić information content (AvgIpc) is 3.06. The fraction of sp³-hybridized carbons (Fsp3) is 0.250. The first-order chi connectivity index (χ1) is 11.6. The molecular formula is C16H18ClN3O4. The highest BCUT2D eigenvalue weighted by atomic mass is 35.5. The molecule has 0 aliphatic carbocycles. The number of rotatable bonds is 7. The smallest absolute Gasteiger partial charge is 0.319 e. The number of amides is 3. The van der Waals surface area contributed by atoms with Crippen molar-refractivity contribution in [2.45, 2.75) is 6.54 Å². The van der Waals surface area contributed by atoms with Gasteiger partial charge in [-0.3, -0.25) is 4.79 Å². The molecule has 128 valence electrons. The van der Waals surface area contributed by atoms with Crippen LogP contribution in [0.3, 0.4) is 0 Å². The number of hydrogen-bond acceptors (Lipinski definition) is 4. The van der Waals surface area contributed by atoms with E-state index in [0.29, 0.717) is 30.9 Å². The van der Waals surface area contributed by atoms with Gasteiger partial charge in [0, 0.05) is 31.5 Å². The topological polar surface area (TPSA) is 92.6 Å². The predicted molar refractivity (Wildman–Crippen MR) is 90.2 cm³/mol. The Kier molecular flexibility index (Phi) is 6.65. The van der Waals surface area contributed by atoms with Crippen molar-refractivity contribution in [1.29, 1.82) is 0 Å². The van der Waals surface area contributed by atoms with Crippen LogP contribution < -0.4 is 16.0 Å². The van der Waals surface area contributed by atoms with Gasteiger partial charge in [0.1, 0.15) is 0 Å². The lowest BCUT2D eigenvalue weighted by molar-refractivity contribution is 0.0937. The number of ether oxygens (including phenoxy) is 1. The first-order valence-corrected chi connectivity index (χ1v) is 7.60. The number of nitrogens with one attached hydrogen (secondary N) is 3. The van der Waals surface area contributed by atoms with E-state index in [1.807, 2.05) is 0 Å². The summed E-state index contributed by atoms with van der Waals surface area (Å²) in [6.45, 7) is 1.15. The monoisotopic (exact) mass is 351 g/mol. The molecule has 1 aromatic carbocycles. The Morgan fingerprint density at radius 3 is 2.75 bits per heavy atom. The van der Waals surface area contributed by atoms with E-state index in [9.17, 15) is 9.59 Å². The first-order valence-electron chi connectivity index (χ1n) is 7.22. The summed E-state index contributed by atoms with van der Waals surface area (Å²) >= 11 is 6.10. The summed E-state index contributed by atoms with van der Waals surface area (Å²) in [5.74, 6) is -0.298. The van der Waals surface area contributed by atoms with Crippen molar-refractivity contribution in [2.75, 3.05) is 25.6 Å². The van der Waals surface area contributed by atoms with Crippen LogP contribution in [0.15, 0.2) is 41.2 Å². The molecule has 1 aromatic heterocycles. The highest BCUT2D eigenvalue weighted by molar-refractivity contribution is 6.34. The van der Waals surface area contributed by atoms with Crippen molar-refractivity contribution in [3.63, 3.8) is 0 Å². The van der Waals surface area contributed by atoms with Crippen molar-refractivity contribution in [3.05, 3.63) is 52.9 Å². The third-order valence-electron chi connectivity index (χ3n) is 3.10. The summed E-state index contributed by atoms with van der Waals surface area (Å²) in [4.78, 5) is 23.8. The van der Waals surface area contributed by atoms with E-state index in [1.54, 1.807) is 31.6 Å². The van der Waals surface area contributed by atoms with Gasteiger partial charge in [0.05, 0.1) is 29.7 Å². The van der Waals surface area contributed by atoms with Crippen molar-refractivity contribution in [2.24, 2.45) is 0 Å². The molecule has 0 atom stereocenters. The number of urea groups is 1. The summed E-state index contributed by atoms with van der Waals surface area (Å²) in [5, 5.41) is 8.25. The van der Waals surface area contributed by atoms with E-state index >= 15 is 0 Å². The molecule has 0 saturated carbocycles. The van der Waals surface area contributed by atoms with Crippen LogP contribution >= 0.6 is 11.6 Å². The van der Waals surface area contributed by atoms with Crippen LogP contribution in [-0.2, 0) is 11.3 Å². The van der Waals surface area contributed by atoms with Crippen molar-refractivity contribution >= 4 is 29.2 Å². The third kappa shape index (κ3) is 5.29. The molecule has 2 aromatic rings. The highest BCUT2D eigenvalue weighted by Crippen LogP contribution is 2.21. The molecule has 24 heavy (non-hydrogen) atoms. The second kappa shape index (κ2) is 8.95. The normalized spacial score (nSPS) is 10.2. The quantitative estimate of drug-likeness (QED) is 0.668. The third-order valence-corrected chi connectivity index (χ3v) is 3.41. The molecule has 8 heteroatoms. The van der Waals surface area contributed by atoms with Gasteiger partial charge in [-0.25, -0.2) is 4.79 Å². The van der Waals surface area contributed by atoms with Gasteiger partial charge in [0.2, 0.25) is 0 Å². The fourth-order valence-corrected chi connectivity index (χ4v) is 2.16. The highest BCUT2D eigenvalue weighted by Gasteiger charge is 2.11. The number of carbonyl (C=O) groups excluding carboxylic acids is 2. The van der Waals surface area contributed by atoms with E-state index in [0.717, 1.165) is 5.56 Å². The Balaban J connectivity index is 1.88. The average molecular weight is 352 g/mol. The number of benzene rings is 1. The van der Waals surface area contributed by atoms with Gasteiger partial charge < -0.3 is 25.1 Å². The Morgan fingerprint density at radius 1 is 1.25 bits per heavy atom. The standard InChI is InChI=1S/C16H18ClN3O4/c1-23-7-5-18-15(21)13-3-2-12(8-14(13)17)20-16(22)19-9-11-4-6-24-10-11/h2-4,6,8,10H,5,7,9H2,1H3,(H,18,21)(H2,19,20,22). The number of furan rings is 1. The molecule has 0 aliphatic heterocycles. The minimum Gasteiger partial charge on any atom is -0.472 e. The fourth-order valence-electron chi connectivity index (χ4n) is 1.89. The minimum absolute atomic E-state index is 0.248. The summed E-state index contributed by atoms with van der Waals surface area (Å²) in [7, 11) is 1.55. The first kappa shape index (κ1) is 17.8. The molecular weight excluding hydrogens is 334 g/mol. The lowest BCUT2D eigenvalue weighted by Crippen LogP contribution is -2.28. The zero-order valence-electron chi connectivity index (χ0n) is 13.1. The SMILES string of the molecule is COCCNC(=O)c1ccc(NC(=O)NCc2ccoc2)cc1Cl.